The van der Waals surface area contributed by atoms with Crippen molar-refractivity contribution in [2.24, 2.45) is 0 Å². The molecule has 0 saturated heterocycles. The standard InChI is InChI=1S/C16H18FNO2S/c1-10-12(11(2)20-18-10)8-9-21(19)16-7-6-13-14(16)4-3-5-15(13)17/h3-5,16H,6-9H2,1-2H3/t16-,21+/m0/s1. The number of aryl methyl sites for hydroxylation is 2. The third-order valence-corrected chi connectivity index (χ3v) is 5.94. The van der Waals surface area contributed by atoms with E-state index in [0.29, 0.717) is 18.6 Å². The lowest BCUT2D eigenvalue weighted by Crippen LogP contribution is -2.10. The van der Waals surface area contributed by atoms with Gasteiger partial charge in [-0.1, -0.05) is 17.3 Å². The summed E-state index contributed by atoms with van der Waals surface area (Å²) in [4.78, 5) is 0. The number of aromatic nitrogens is 1. The smallest absolute Gasteiger partial charge is 0.137 e. The van der Waals surface area contributed by atoms with E-state index >= 15 is 0 Å². The Bertz CT molecular complexity index is 676. The van der Waals surface area contributed by atoms with Gasteiger partial charge in [-0.3, -0.25) is 4.21 Å². The van der Waals surface area contributed by atoms with Crippen molar-refractivity contribution in [3.05, 3.63) is 52.2 Å². The van der Waals surface area contributed by atoms with E-state index in [1.807, 2.05) is 19.9 Å². The monoisotopic (exact) mass is 307 g/mol. The Morgan fingerprint density at radius 3 is 2.95 bits per heavy atom. The Hall–Kier alpha value is -1.49. The molecular weight excluding hydrogens is 289 g/mol. The van der Waals surface area contributed by atoms with Gasteiger partial charge in [0, 0.05) is 22.1 Å². The van der Waals surface area contributed by atoms with Gasteiger partial charge in [0.05, 0.1) is 10.9 Å². The topological polar surface area (TPSA) is 43.1 Å². The molecule has 5 heteroatoms. The Morgan fingerprint density at radius 2 is 2.24 bits per heavy atom. The lowest BCUT2D eigenvalue weighted by molar-refractivity contribution is 0.392. The molecule has 0 saturated carbocycles. The van der Waals surface area contributed by atoms with Crippen LogP contribution in [-0.2, 0) is 23.6 Å². The van der Waals surface area contributed by atoms with Crippen molar-refractivity contribution in [3.63, 3.8) is 0 Å². The van der Waals surface area contributed by atoms with Crippen LogP contribution in [-0.4, -0.2) is 15.1 Å². The molecule has 3 rings (SSSR count). The second-order valence-corrected chi connectivity index (χ2v) is 7.21. The van der Waals surface area contributed by atoms with Gasteiger partial charge in [0.25, 0.3) is 0 Å². The molecule has 0 spiro atoms. The number of rotatable bonds is 4. The van der Waals surface area contributed by atoms with Crippen LogP contribution in [0.5, 0.6) is 0 Å². The van der Waals surface area contributed by atoms with Gasteiger partial charge in [-0.05, 0) is 50.3 Å². The zero-order valence-electron chi connectivity index (χ0n) is 12.2. The molecule has 2 atom stereocenters. The fraction of sp³-hybridized carbons (Fsp3) is 0.438. The van der Waals surface area contributed by atoms with Gasteiger partial charge in [-0.15, -0.1) is 0 Å². The molecule has 21 heavy (non-hydrogen) atoms. The van der Waals surface area contributed by atoms with Crippen LogP contribution in [0.2, 0.25) is 0 Å². The molecular formula is C16H18FNO2S. The average Bonchev–Trinajstić information content (AvgIpc) is 3.02. The van der Waals surface area contributed by atoms with Crippen molar-refractivity contribution in [3.8, 4) is 0 Å². The molecule has 1 aliphatic carbocycles. The van der Waals surface area contributed by atoms with Crippen molar-refractivity contribution in [2.45, 2.75) is 38.4 Å². The fourth-order valence-corrected chi connectivity index (χ4v) is 4.62. The molecule has 1 aromatic heterocycles. The summed E-state index contributed by atoms with van der Waals surface area (Å²) in [5.41, 5.74) is 3.57. The zero-order chi connectivity index (χ0) is 15.0. The number of halogens is 1. The summed E-state index contributed by atoms with van der Waals surface area (Å²) in [6, 6.07) is 5.09. The summed E-state index contributed by atoms with van der Waals surface area (Å²) in [5, 5.41) is 3.87. The van der Waals surface area contributed by atoms with Gasteiger partial charge >= 0.3 is 0 Å². The maximum Gasteiger partial charge on any atom is 0.137 e. The van der Waals surface area contributed by atoms with Crippen LogP contribution in [0, 0.1) is 19.7 Å². The SMILES string of the molecule is Cc1noc(C)c1CC[S@@](=O)[C@H]1CCc2c(F)cccc21. The molecule has 0 radical (unpaired) electrons. The number of hydrogen-bond donors (Lipinski definition) is 0. The molecule has 112 valence electrons. The first-order valence-corrected chi connectivity index (χ1v) is 8.52. The molecule has 2 aromatic rings. The highest BCUT2D eigenvalue weighted by molar-refractivity contribution is 7.85. The first-order valence-electron chi connectivity index (χ1n) is 7.14. The molecule has 0 unspecified atom stereocenters. The molecule has 1 heterocycles. The maximum absolute atomic E-state index is 13.7. The lowest BCUT2D eigenvalue weighted by Gasteiger charge is -2.11. The summed E-state index contributed by atoms with van der Waals surface area (Å²) < 4.78 is 31.4. The van der Waals surface area contributed by atoms with Crippen LogP contribution in [0.25, 0.3) is 0 Å². The minimum atomic E-state index is -1.00. The van der Waals surface area contributed by atoms with Crippen molar-refractivity contribution < 1.29 is 13.1 Å². The predicted molar refractivity (Wildman–Crippen MR) is 80.2 cm³/mol. The summed E-state index contributed by atoms with van der Waals surface area (Å²) in [5.74, 6) is 1.18. The van der Waals surface area contributed by atoms with E-state index in [2.05, 4.69) is 5.16 Å². The minimum absolute atomic E-state index is 0.0452. The predicted octanol–water partition coefficient (Wildman–Crippen LogP) is 3.41. The van der Waals surface area contributed by atoms with Crippen LogP contribution in [0.15, 0.2) is 22.7 Å². The summed E-state index contributed by atoms with van der Waals surface area (Å²) in [6.45, 7) is 3.77. The second kappa shape index (κ2) is 5.72. The van der Waals surface area contributed by atoms with Gasteiger partial charge in [-0.2, -0.15) is 0 Å². The van der Waals surface area contributed by atoms with E-state index in [-0.39, 0.29) is 11.1 Å². The number of nitrogens with zero attached hydrogens (tertiary/aromatic N) is 1. The van der Waals surface area contributed by atoms with Gasteiger partial charge < -0.3 is 4.52 Å². The number of hydrogen-bond acceptors (Lipinski definition) is 3. The Morgan fingerprint density at radius 1 is 1.43 bits per heavy atom. The Labute approximate surface area is 126 Å². The summed E-state index contributed by atoms with van der Waals surface area (Å²) in [7, 11) is -1.00. The van der Waals surface area contributed by atoms with Crippen LogP contribution in [0.3, 0.4) is 0 Å². The molecule has 1 aliphatic rings. The number of benzene rings is 1. The van der Waals surface area contributed by atoms with E-state index in [0.717, 1.165) is 34.6 Å². The largest absolute Gasteiger partial charge is 0.361 e. The van der Waals surface area contributed by atoms with Gasteiger partial charge in [-0.25, -0.2) is 4.39 Å². The second-order valence-electron chi connectivity index (χ2n) is 5.47. The van der Waals surface area contributed by atoms with Gasteiger partial charge in [0.1, 0.15) is 11.6 Å². The van der Waals surface area contributed by atoms with E-state index < -0.39 is 10.8 Å². The highest BCUT2D eigenvalue weighted by Crippen LogP contribution is 2.37. The van der Waals surface area contributed by atoms with Crippen molar-refractivity contribution in [2.75, 3.05) is 5.75 Å². The molecule has 0 aliphatic heterocycles. The van der Waals surface area contributed by atoms with E-state index in [1.54, 1.807) is 6.07 Å². The lowest BCUT2D eigenvalue weighted by atomic mass is 10.1. The van der Waals surface area contributed by atoms with E-state index in [4.69, 9.17) is 4.52 Å². The molecule has 0 N–H and O–H groups in total. The normalized spacial score (nSPS) is 18.7. The fourth-order valence-electron chi connectivity index (χ4n) is 3.05. The number of fused-ring (bicyclic) bond motifs is 1. The summed E-state index contributed by atoms with van der Waals surface area (Å²) in [6.07, 6.45) is 2.14. The highest BCUT2D eigenvalue weighted by atomic mass is 32.2. The van der Waals surface area contributed by atoms with E-state index in [9.17, 15) is 8.60 Å². The third kappa shape index (κ3) is 2.67. The Balaban J connectivity index is 1.72. The van der Waals surface area contributed by atoms with Crippen molar-refractivity contribution in [1.29, 1.82) is 0 Å². The molecule has 0 fully saturated rings. The summed E-state index contributed by atoms with van der Waals surface area (Å²) >= 11 is 0. The molecule has 0 amide bonds. The third-order valence-electron chi connectivity index (χ3n) is 4.21. The molecule has 3 nitrogen and oxygen atoms in total. The van der Waals surface area contributed by atoms with Crippen molar-refractivity contribution >= 4 is 10.8 Å². The van der Waals surface area contributed by atoms with Crippen LogP contribution in [0.1, 0.15) is 39.8 Å². The Kier molecular flexibility index (Phi) is 3.93. The first kappa shape index (κ1) is 14.4. The first-order chi connectivity index (χ1) is 10.1. The maximum atomic E-state index is 13.7. The van der Waals surface area contributed by atoms with E-state index in [1.165, 1.54) is 6.07 Å². The highest BCUT2D eigenvalue weighted by Gasteiger charge is 2.29. The average molecular weight is 307 g/mol. The minimum Gasteiger partial charge on any atom is -0.361 e. The van der Waals surface area contributed by atoms with Crippen LogP contribution >= 0.6 is 0 Å². The van der Waals surface area contributed by atoms with Gasteiger partial charge in [0.15, 0.2) is 0 Å². The van der Waals surface area contributed by atoms with Crippen molar-refractivity contribution in [1.82, 2.24) is 5.16 Å². The van der Waals surface area contributed by atoms with Gasteiger partial charge in [0.2, 0.25) is 0 Å². The molecule has 0 bridgehead atoms. The van der Waals surface area contributed by atoms with Crippen LogP contribution < -0.4 is 0 Å². The zero-order valence-corrected chi connectivity index (χ0v) is 13.0. The molecule has 1 aromatic carbocycles. The van der Waals surface area contributed by atoms with Crippen LogP contribution in [0.4, 0.5) is 4.39 Å². The quantitative estimate of drug-likeness (QED) is 0.869.